The second kappa shape index (κ2) is 7.70. The fraction of sp³-hybridized carbons (Fsp3) is 0.625. The molecule has 0 heterocycles. The summed E-state index contributed by atoms with van der Waals surface area (Å²) in [5.74, 6) is 0. The van der Waals surface area contributed by atoms with Gasteiger partial charge >= 0.3 is 0 Å². The van der Waals surface area contributed by atoms with Crippen molar-refractivity contribution in [1.29, 1.82) is 0 Å². The number of unbranched alkanes of at least 4 members (excludes halogenated alkanes) is 1. The van der Waals surface area contributed by atoms with E-state index in [2.05, 4.69) is 13.8 Å². The van der Waals surface area contributed by atoms with E-state index in [0.29, 0.717) is 6.61 Å². The number of ether oxygens (including phenoxy) is 1. The molecule has 0 saturated heterocycles. The van der Waals surface area contributed by atoms with Crippen LogP contribution in [0.2, 0.25) is 0 Å². The highest BCUT2D eigenvalue weighted by Crippen LogP contribution is 1.87. The molecule has 0 aliphatic rings. The molecule has 1 radical (unpaired) electrons. The van der Waals surface area contributed by atoms with Gasteiger partial charge in [0.2, 0.25) is 0 Å². The van der Waals surface area contributed by atoms with Crippen LogP contribution in [0, 0.1) is 6.92 Å². The van der Waals surface area contributed by atoms with Gasteiger partial charge in [0, 0.05) is 6.61 Å². The molecule has 9 heavy (non-hydrogen) atoms. The summed E-state index contributed by atoms with van der Waals surface area (Å²) in [6, 6.07) is 0. The summed E-state index contributed by atoms with van der Waals surface area (Å²) in [5, 5.41) is 0. The fourth-order valence-electron chi connectivity index (χ4n) is 0.466. The van der Waals surface area contributed by atoms with E-state index in [4.69, 9.17) is 4.74 Å². The van der Waals surface area contributed by atoms with E-state index in [1.165, 1.54) is 6.42 Å². The molecule has 0 rings (SSSR count). The second-order valence-corrected chi connectivity index (χ2v) is 1.90. The van der Waals surface area contributed by atoms with E-state index in [1.54, 1.807) is 6.08 Å². The molecule has 0 aliphatic heterocycles. The number of hydrogen-bond acceptors (Lipinski definition) is 1. The molecule has 0 fully saturated rings. The average molecular weight is 127 g/mol. The maximum absolute atomic E-state index is 5.19. The first-order valence-corrected chi connectivity index (χ1v) is 3.43. The average Bonchev–Trinajstić information content (AvgIpc) is 1.89. The zero-order valence-corrected chi connectivity index (χ0v) is 6.10. The summed E-state index contributed by atoms with van der Waals surface area (Å²) >= 11 is 0. The zero-order chi connectivity index (χ0) is 6.95. The smallest absolute Gasteiger partial charge is 0.0647 e. The van der Waals surface area contributed by atoms with Crippen molar-refractivity contribution in [3.05, 3.63) is 19.1 Å². The van der Waals surface area contributed by atoms with Crippen LogP contribution >= 0.6 is 0 Å². The largest absolute Gasteiger partial charge is 0.377 e. The number of hydrogen-bond donors (Lipinski definition) is 0. The van der Waals surface area contributed by atoms with Crippen molar-refractivity contribution in [1.82, 2.24) is 0 Å². The van der Waals surface area contributed by atoms with E-state index < -0.39 is 0 Å². The lowest BCUT2D eigenvalue weighted by Gasteiger charge is -1.96. The molecule has 0 bridgehead atoms. The Morgan fingerprint density at radius 3 is 2.89 bits per heavy atom. The van der Waals surface area contributed by atoms with Crippen LogP contribution in [-0.2, 0) is 4.74 Å². The molecular weight excluding hydrogens is 112 g/mol. The molecule has 0 N–H and O–H groups in total. The highest BCUT2D eigenvalue weighted by atomic mass is 16.5. The first-order chi connectivity index (χ1) is 4.41. The van der Waals surface area contributed by atoms with E-state index in [9.17, 15) is 0 Å². The van der Waals surface area contributed by atoms with E-state index in [0.717, 1.165) is 13.0 Å². The van der Waals surface area contributed by atoms with Crippen molar-refractivity contribution >= 4 is 0 Å². The summed E-state index contributed by atoms with van der Waals surface area (Å²) in [6.45, 7) is 7.28. The Balaban J connectivity index is 2.75. The van der Waals surface area contributed by atoms with Gasteiger partial charge in [-0.25, -0.2) is 0 Å². The first kappa shape index (κ1) is 8.70. The van der Waals surface area contributed by atoms with E-state index in [-0.39, 0.29) is 0 Å². The molecule has 0 aromatic carbocycles. The summed E-state index contributed by atoms with van der Waals surface area (Å²) < 4.78 is 5.19. The standard InChI is InChI=1S/C8H15O/c1-3-5-7-9-8-6-4-2/h3,5H,1,4,6-8H2,2H3/b5-3+. The topological polar surface area (TPSA) is 9.23 Å². The predicted octanol–water partition coefficient (Wildman–Crippen LogP) is 2.19. The molecule has 0 aromatic rings. The highest BCUT2D eigenvalue weighted by Gasteiger charge is 1.80. The maximum Gasteiger partial charge on any atom is 0.0647 e. The Morgan fingerprint density at radius 2 is 2.33 bits per heavy atom. The SMILES string of the molecule is [CH2]/C=C/COCCCC. The molecule has 0 aliphatic carbocycles. The molecular formula is C8H15O. The van der Waals surface area contributed by atoms with Gasteiger partial charge in [-0.3, -0.25) is 0 Å². The lowest BCUT2D eigenvalue weighted by atomic mass is 10.4. The molecule has 53 valence electrons. The van der Waals surface area contributed by atoms with Crippen LogP contribution in [0.5, 0.6) is 0 Å². The third-order valence-electron chi connectivity index (χ3n) is 1.02. The number of rotatable bonds is 5. The van der Waals surface area contributed by atoms with E-state index >= 15 is 0 Å². The Bertz CT molecular complexity index is 67.0. The molecule has 0 saturated carbocycles. The lowest BCUT2D eigenvalue weighted by molar-refractivity contribution is 0.159. The Kier molecular flexibility index (Phi) is 7.44. The highest BCUT2D eigenvalue weighted by molar-refractivity contribution is 4.83. The zero-order valence-electron chi connectivity index (χ0n) is 6.10. The lowest BCUT2D eigenvalue weighted by Crippen LogP contribution is -1.92. The van der Waals surface area contributed by atoms with Gasteiger partial charge in [0.05, 0.1) is 6.61 Å². The first-order valence-electron chi connectivity index (χ1n) is 3.43. The van der Waals surface area contributed by atoms with Crippen LogP contribution in [0.15, 0.2) is 12.2 Å². The van der Waals surface area contributed by atoms with Crippen LogP contribution in [-0.4, -0.2) is 13.2 Å². The van der Waals surface area contributed by atoms with Crippen LogP contribution in [0.4, 0.5) is 0 Å². The molecule has 0 aromatic heterocycles. The summed E-state index contributed by atoms with van der Waals surface area (Å²) in [7, 11) is 0. The second-order valence-electron chi connectivity index (χ2n) is 1.90. The van der Waals surface area contributed by atoms with Gasteiger partial charge in [0.15, 0.2) is 0 Å². The Labute approximate surface area is 57.7 Å². The van der Waals surface area contributed by atoms with Crippen LogP contribution in [0.1, 0.15) is 19.8 Å². The number of allylic oxidation sites excluding steroid dienone is 1. The van der Waals surface area contributed by atoms with Crippen LogP contribution in [0.3, 0.4) is 0 Å². The van der Waals surface area contributed by atoms with Gasteiger partial charge in [-0.2, -0.15) is 0 Å². The molecule has 0 amide bonds. The minimum absolute atomic E-state index is 0.712. The Morgan fingerprint density at radius 1 is 1.56 bits per heavy atom. The molecule has 0 spiro atoms. The summed E-state index contributed by atoms with van der Waals surface area (Å²) in [5.41, 5.74) is 0. The molecule has 0 atom stereocenters. The minimum atomic E-state index is 0.712. The summed E-state index contributed by atoms with van der Waals surface area (Å²) in [4.78, 5) is 0. The van der Waals surface area contributed by atoms with Crippen molar-refractivity contribution in [3.8, 4) is 0 Å². The normalized spacial score (nSPS) is 10.9. The van der Waals surface area contributed by atoms with Gasteiger partial charge in [0.1, 0.15) is 0 Å². The third-order valence-corrected chi connectivity index (χ3v) is 1.02. The quantitative estimate of drug-likeness (QED) is 0.514. The van der Waals surface area contributed by atoms with Gasteiger partial charge in [0.25, 0.3) is 0 Å². The van der Waals surface area contributed by atoms with Gasteiger partial charge in [-0.15, -0.1) is 0 Å². The van der Waals surface area contributed by atoms with Crippen molar-refractivity contribution in [2.75, 3.05) is 13.2 Å². The van der Waals surface area contributed by atoms with Crippen LogP contribution in [0.25, 0.3) is 0 Å². The minimum Gasteiger partial charge on any atom is -0.377 e. The van der Waals surface area contributed by atoms with Crippen molar-refractivity contribution in [2.24, 2.45) is 0 Å². The fourth-order valence-corrected chi connectivity index (χ4v) is 0.466. The Hall–Kier alpha value is -0.300. The van der Waals surface area contributed by atoms with Crippen molar-refractivity contribution < 1.29 is 4.74 Å². The van der Waals surface area contributed by atoms with E-state index in [1.807, 2.05) is 6.08 Å². The van der Waals surface area contributed by atoms with Crippen molar-refractivity contribution in [2.45, 2.75) is 19.8 Å². The van der Waals surface area contributed by atoms with Gasteiger partial charge in [-0.05, 0) is 13.3 Å². The van der Waals surface area contributed by atoms with Crippen LogP contribution < -0.4 is 0 Å². The maximum atomic E-state index is 5.19. The molecule has 1 heteroatoms. The molecule has 1 nitrogen and oxygen atoms in total. The monoisotopic (exact) mass is 127 g/mol. The third kappa shape index (κ3) is 7.70. The van der Waals surface area contributed by atoms with Gasteiger partial charge in [-0.1, -0.05) is 25.5 Å². The van der Waals surface area contributed by atoms with Gasteiger partial charge < -0.3 is 4.74 Å². The molecule has 0 unspecified atom stereocenters. The predicted molar refractivity (Wildman–Crippen MR) is 40.2 cm³/mol. The summed E-state index contributed by atoms with van der Waals surface area (Å²) in [6.07, 6.45) is 6.03. The van der Waals surface area contributed by atoms with Crippen molar-refractivity contribution in [3.63, 3.8) is 0 Å².